The van der Waals surface area contributed by atoms with Crippen LogP contribution >= 0.6 is 0 Å². The van der Waals surface area contributed by atoms with E-state index in [1.54, 1.807) is 29.2 Å². The first-order valence-corrected chi connectivity index (χ1v) is 7.46. The summed E-state index contributed by atoms with van der Waals surface area (Å²) in [4.78, 5) is 36.5. The molecular formula is C16H19N2O4-. The van der Waals surface area contributed by atoms with E-state index in [4.69, 9.17) is 0 Å². The van der Waals surface area contributed by atoms with Crippen LogP contribution in [0.1, 0.15) is 42.5 Å². The molecule has 22 heavy (non-hydrogen) atoms. The average Bonchev–Trinajstić information content (AvgIpc) is 2.53. The summed E-state index contributed by atoms with van der Waals surface area (Å²) in [5, 5.41) is 13.0. The number of hydrogen-bond donors (Lipinski definition) is 1. The Morgan fingerprint density at radius 1 is 1.05 bits per heavy atom. The van der Waals surface area contributed by atoms with Gasteiger partial charge in [-0.2, -0.15) is 0 Å². The normalized spacial score (nSPS) is 14.5. The number of nitrogens with zero attached hydrogens (tertiary/aromatic N) is 1. The molecule has 0 unspecified atom stereocenters. The second kappa shape index (κ2) is 7.59. The van der Waals surface area contributed by atoms with Crippen LogP contribution in [0.4, 0.5) is 5.69 Å². The van der Waals surface area contributed by atoms with E-state index in [2.05, 4.69) is 5.32 Å². The number of para-hydroxylation sites is 1. The van der Waals surface area contributed by atoms with Crippen molar-refractivity contribution in [2.75, 3.05) is 18.4 Å². The monoisotopic (exact) mass is 303 g/mol. The van der Waals surface area contributed by atoms with E-state index in [0.29, 0.717) is 11.3 Å². The predicted molar refractivity (Wildman–Crippen MR) is 79.1 cm³/mol. The van der Waals surface area contributed by atoms with Crippen molar-refractivity contribution in [1.29, 1.82) is 0 Å². The topological polar surface area (TPSA) is 89.5 Å². The van der Waals surface area contributed by atoms with Crippen molar-refractivity contribution in [3.05, 3.63) is 29.8 Å². The molecule has 0 aliphatic carbocycles. The van der Waals surface area contributed by atoms with Crippen LogP contribution in [0.15, 0.2) is 24.3 Å². The number of aliphatic carboxylic acids is 1. The van der Waals surface area contributed by atoms with E-state index in [1.165, 1.54) is 0 Å². The maximum Gasteiger partial charge on any atom is 0.255 e. The van der Waals surface area contributed by atoms with Gasteiger partial charge in [0.1, 0.15) is 0 Å². The van der Waals surface area contributed by atoms with Crippen molar-refractivity contribution in [3.8, 4) is 0 Å². The maximum absolute atomic E-state index is 12.5. The Hall–Kier alpha value is -2.37. The number of carboxylic acids is 1. The highest BCUT2D eigenvalue weighted by molar-refractivity contribution is 6.04. The number of benzene rings is 1. The highest BCUT2D eigenvalue weighted by Gasteiger charge is 2.21. The summed E-state index contributed by atoms with van der Waals surface area (Å²) in [5.41, 5.74) is 0.854. The van der Waals surface area contributed by atoms with E-state index in [0.717, 1.165) is 32.4 Å². The first-order chi connectivity index (χ1) is 10.6. The number of rotatable bonds is 5. The van der Waals surface area contributed by atoms with Crippen LogP contribution in [0.3, 0.4) is 0 Å². The fourth-order valence-corrected chi connectivity index (χ4v) is 2.47. The molecule has 1 fully saturated rings. The van der Waals surface area contributed by atoms with Gasteiger partial charge in [-0.25, -0.2) is 0 Å². The summed E-state index contributed by atoms with van der Waals surface area (Å²) in [7, 11) is 0. The number of hydrogen-bond acceptors (Lipinski definition) is 4. The number of likely N-dealkylation sites (tertiary alicyclic amines) is 1. The second-order valence-electron chi connectivity index (χ2n) is 5.32. The highest BCUT2D eigenvalue weighted by atomic mass is 16.4. The molecule has 6 nitrogen and oxygen atoms in total. The Morgan fingerprint density at radius 2 is 1.73 bits per heavy atom. The van der Waals surface area contributed by atoms with Gasteiger partial charge in [0.25, 0.3) is 5.91 Å². The van der Waals surface area contributed by atoms with Crippen LogP contribution in [0.25, 0.3) is 0 Å². The van der Waals surface area contributed by atoms with Crippen molar-refractivity contribution >= 4 is 23.5 Å². The smallest absolute Gasteiger partial charge is 0.255 e. The van der Waals surface area contributed by atoms with Gasteiger partial charge < -0.3 is 20.1 Å². The fraction of sp³-hybridized carbons (Fsp3) is 0.438. The van der Waals surface area contributed by atoms with Gasteiger partial charge in [-0.1, -0.05) is 12.1 Å². The Morgan fingerprint density at radius 3 is 2.41 bits per heavy atom. The largest absolute Gasteiger partial charge is 0.550 e. The summed E-state index contributed by atoms with van der Waals surface area (Å²) in [6.07, 6.45) is 2.60. The number of carbonyl (C=O) groups excluding carboxylic acids is 3. The lowest BCUT2D eigenvalue weighted by Gasteiger charge is -2.27. The standard InChI is InChI=1S/C16H20N2O4/c19-14(8-9-15(20)21)17-13-7-3-2-6-12(13)16(22)18-10-4-1-5-11-18/h2-3,6-7H,1,4-5,8-11H2,(H,17,19)(H,20,21)/p-1. The van der Waals surface area contributed by atoms with Crippen LogP contribution in [0.5, 0.6) is 0 Å². The van der Waals surface area contributed by atoms with Crippen LogP contribution in [0.2, 0.25) is 0 Å². The van der Waals surface area contributed by atoms with Gasteiger partial charge in [-0.3, -0.25) is 9.59 Å². The molecule has 1 aromatic carbocycles. The Balaban J connectivity index is 2.07. The van der Waals surface area contributed by atoms with Crippen molar-refractivity contribution in [2.24, 2.45) is 0 Å². The van der Waals surface area contributed by atoms with Gasteiger partial charge in [0.15, 0.2) is 0 Å². The third-order valence-electron chi connectivity index (χ3n) is 3.63. The first-order valence-electron chi connectivity index (χ1n) is 7.46. The molecule has 0 saturated carbocycles. The molecule has 1 aromatic rings. The Bertz CT molecular complexity index is 565. The Labute approximate surface area is 129 Å². The van der Waals surface area contributed by atoms with Crippen molar-refractivity contribution in [1.82, 2.24) is 4.90 Å². The molecule has 0 bridgehead atoms. The third kappa shape index (κ3) is 4.31. The molecular weight excluding hydrogens is 284 g/mol. The zero-order valence-electron chi connectivity index (χ0n) is 12.3. The highest BCUT2D eigenvalue weighted by Crippen LogP contribution is 2.20. The third-order valence-corrected chi connectivity index (χ3v) is 3.63. The minimum atomic E-state index is -1.27. The van der Waals surface area contributed by atoms with Crippen molar-refractivity contribution in [3.63, 3.8) is 0 Å². The van der Waals surface area contributed by atoms with Crippen molar-refractivity contribution < 1.29 is 19.5 Å². The van der Waals surface area contributed by atoms with Crippen LogP contribution in [0, 0.1) is 0 Å². The number of carbonyl (C=O) groups is 3. The average molecular weight is 303 g/mol. The van der Waals surface area contributed by atoms with E-state index < -0.39 is 11.9 Å². The lowest BCUT2D eigenvalue weighted by atomic mass is 10.1. The lowest BCUT2D eigenvalue weighted by Crippen LogP contribution is -2.36. The van der Waals surface area contributed by atoms with Crippen molar-refractivity contribution in [2.45, 2.75) is 32.1 Å². The molecule has 6 heteroatoms. The van der Waals surface area contributed by atoms with Gasteiger partial charge >= 0.3 is 0 Å². The zero-order chi connectivity index (χ0) is 15.9. The quantitative estimate of drug-likeness (QED) is 0.870. The molecule has 1 aliphatic rings. The van der Waals surface area contributed by atoms with E-state index in [-0.39, 0.29) is 18.7 Å². The first kappa shape index (κ1) is 16.0. The van der Waals surface area contributed by atoms with Gasteiger partial charge in [-0.15, -0.1) is 0 Å². The van der Waals surface area contributed by atoms with E-state index in [9.17, 15) is 19.5 Å². The summed E-state index contributed by atoms with van der Waals surface area (Å²) >= 11 is 0. The molecule has 0 aromatic heterocycles. The molecule has 0 radical (unpaired) electrons. The fourth-order valence-electron chi connectivity index (χ4n) is 2.47. The van der Waals surface area contributed by atoms with E-state index in [1.807, 2.05) is 0 Å². The number of amides is 2. The zero-order valence-corrected chi connectivity index (χ0v) is 12.3. The van der Waals surface area contributed by atoms with E-state index >= 15 is 0 Å². The maximum atomic E-state index is 12.5. The van der Waals surface area contributed by atoms with Gasteiger partial charge in [0.2, 0.25) is 5.91 Å². The molecule has 2 rings (SSSR count). The predicted octanol–water partition coefficient (Wildman–Crippen LogP) is 0.781. The van der Waals surface area contributed by atoms with Gasteiger partial charge in [0.05, 0.1) is 11.3 Å². The SMILES string of the molecule is O=C([O-])CCC(=O)Nc1ccccc1C(=O)N1CCCCC1. The van der Waals surface area contributed by atoms with Gasteiger partial charge in [-0.05, 0) is 37.8 Å². The summed E-state index contributed by atoms with van der Waals surface area (Å²) < 4.78 is 0. The number of piperidine rings is 1. The van der Waals surface area contributed by atoms with Gasteiger partial charge in [0, 0.05) is 25.5 Å². The molecule has 118 valence electrons. The molecule has 1 aliphatic heterocycles. The lowest BCUT2D eigenvalue weighted by molar-refractivity contribution is -0.305. The number of anilines is 1. The number of carboxylic acid groups (broad SMARTS) is 1. The minimum absolute atomic E-state index is 0.101. The molecule has 1 heterocycles. The molecule has 1 saturated heterocycles. The summed E-state index contributed by atoms with van der Waals surface area (Å²) in [5.74, 6) is -1.81. The number of nitrogens with one attached hydrogen (secondary N) is 1. The molecule has 2 amide bonds. The van der Waals surface area contributed by atoms with Crippen LogP contribution < -0.4 is 10.4 Å². The second-order valence-corrected chi connectivity index (χ2v) is 5.32. The summed E-state index contributed by atoms with van der Waals surface area (Å²) in [6, 6.07) is 6.79. The van der Waals surface area contributed by atoms with Crippen LogP contribution in [-0.2, 0) is 9.59 Å². The van der Waals surface area contributed by atoms with Crippen LogP contribution in [-0.4, -0.2) is 35.8 Å². The molecule has 0 atom stereocenters. The molecule has 1 N–H and O–H groups in total. The minimum Gasteiger partial charge on any atom is -0.550 e. The summed E-state index contributed by atoms with van der Waals surface area (Å²) in [6.45, 7) is 1.46. The Kier molecular flexibility index (Phi) is 5.52. The molecule has 0 spiro atoms.